The molecule has 0 saturated heterocycles. The Balaban J connectivity index is 1.58. The molecule has 1 aliphatic rings. The summed E-state index contributed by atoms with van der Waals surface area (Å²) in [6.45, 7) is 2.12. The van der Waals surface area contributed by atoms with Gasteiger partial charge in [-0.3, -0.25) is 4.98 Å². The highest BCUT2D eigenvalue weighted by molar-refractivity contribution is 5.75. The van der Waals surface area contributed by atoms with Crippen LogP contribution in [0.5, 0.6) is 11.5 Å². The second kappa shape index (κ2) is 8.12. The van der Waals surface area contributed by atoms with Gasteiger partial charge >= 0.3 is 5.97 Å². The van der Waals surface area contributed by atoms with Crippen LogP contribution in [0.3, 0.4) is 0 Å². The standard InChI is InChI=1S/C21H21N3O4/c1-2-26-21(25)17-9-7-14-6-8-15(13-18(14)28-17)27-19(20-23-11-12-24-20)16-5-3-4-10-22-16/h3-6,8,10-13,17,19H,2,7,9H2,1H3,(H,23,24)/t17-,19?/m1/s1. The number of esters is 1. The highest BCUT2D eigenvalue weighted by Gasteiger charge is 2.28. The maximum Gasteiger partial charge on any atom is 0.347 e. The fourth-order valence-corrected chi connectivity index (χ4v) is 3.17. The Morgan fingerprint density at radius 1 is 1.29 bits per heavy atom. The molecule has 2 aromatic heterocycles. The minimum absolute atomic E-state index is 0.332. The van der Waals surface area contributed by atoms with E-state index >= 15 is 0 Å². The number of carbonyl (C=O) groups is 1. The summed E-state index contributed by atoms with van der Waals surface area (Å²) >= 11 is 0. The van der Waals surface area contributed by atoms with Gasteiger partial charge in [0.2, 0.25) is 0 Å². The second-order valence-corrected chi connectivity index (χ2v) is 6.39. The molecule has 3 heterocycles. The molecule has 0 radical (unpaired) electrons. The molecule has 144 valence electrons. The van der Waals surface area contributed by atoms with Crippen LogP contribution < -0.4 is 9.47 Å². The van der Waals surface area contributed by atoms with Crippen molar-refractivity contribution >= 4 is 5.97 Å². The quantitative estimate of drug-likeness (QED) is 0.662. The van der Waals surface area contributed by atoms with Gasteiger partial charge < -0.3 is 19.2 Å². The van der Waals surface area contributed by atoms with E-state index in [-0.39, 0.29) is 5.97 Å². The van der Waals surface area contributed by atoms with Crippen LogP contribution in [0.2, 0.25) is 0 Å². The molecule has 1 unspecified atom stereocenters. The number of fused-ring (bicyclic) bond motifs is 1. The molecule has 0 amide bonds. The first-order valence-electron chi connectivity index (χ1n) is 9.27. The monoisotopic (exact) mass is 379 g/mol. The van der Waals surface area contributed by atoms with Crippen molar-refractivity contribution in [2.75, 3.05) is 6.61 Å². The van der Waals surface area contributed by atoms with E-state index in [1.165, 1.54) is 0 Å². The zero-order valence-corrected chi connectivity index (χ0v) is 15.5. The van der Waals surface area contributed by atoms with Crippen LogP contribution in [-0.4, -0.2) is 33.6 Å². The van der Waals surface area contributed by atoms with Crippen molar-refractivity contribution in [1.29, 1.82) is 0 Å². The number of aromatic amines is 1. The average Bonchev–Trinajstić information content (AvgIpc) is 3.27. The number of carbonyl (C=O) groups excluding carboxylic acids is 1. The lowest BCUT2D eigenvalue weighted by molar-refractivity contribution is -0.152. The predicted molar refractivity (Wildman–Crippen MR) is 101 cm³/mol. The van der Waals surface area contributed by atoms with Crippen LogP contribution in [0.1, 0.15) is 36.5 Å². The molecule has 7 heteroatoms. The van der Waals surface area contributed by atoms with Crippen molar-refractivity contribution in [1.82, 2.24) is 15.0 Å². The first-order chi connectivity index (χ1) is 13.7. The Morgan fingerprint density at radius 2 is 2.21 bits per heavy atom. The summed E-state index contributed by atoms with van der Waals surface area (Å²) in [4.78, 5) is 23.8. The van der Waals surface area contributed by atoms with E-state index in [0.717, 1.165) is 17.7 Å². The molecule has 0 fully saturated rings. The molecule has 0 bridgehead atoms. The third-order valence-corrected chi connectivity index (χ3v) is 4.51. The average molecular weight is 379 g/mol. The number of hydrogen-bond donors (Lipinski definition) is 1. The van der Waals surface area contributed by atoms with E-state index in [4.69, 9.17) is 14.2 Å². The fraction of sp³-hybridized carbons (Fsp3) is 0.286. The van der Waals surface area contributed by atoms with Crippen molar-refractivity contribution in [3.05, 3.63) is 72.1 Å². The molecular formula is C21H21N3O4. The van der Waals surface area contributed by atoms with E-state index in [0.29, 0.717) is 30.4 Å². The maximum atomic E-state index is 12.0. The summed E-state index contributed by atoms with van der Waals surface area (Å²) in [7, 11) is 0. The number of aryl methyl sites for hydroxylation is 1. The lowest BCUT2D eigenvalue weighted by Gasteiger charge is -2.25. The molecule has 2 atom stereocenters. The molecule has 0 aliphatic carbocycles. The topological polar surface area (TPSA) is 86.3 Å². The smallest absolute Gasteiger partial charge is 0.347 e. The molecule has 3 aromatic rings. The summed E-state index contributed by atoms with van der Waals surface area (Å²) in [5.41, 5.74) is 1.78. The minimum Gasteiger partial charge on any atom is -0.478 e. The number of nitrogens with zero attached hydrogens (tertiary/aromatic N) is 2. The SMILES string of the molecule is CCOC(=O)[C@H]1CCc2ccc(OC(c3ccccn3)c3ncc[nH]3)cc2O1. The highest BCUT2D eigenvalue weighted by atomic mass is 16.6. The molecule has 7 nitrogen and oxygen atoms in total. The summed E-state index contributed by atoms with van der Waals surface area (Å²) in [5, 5.41) is 0. The minimum atomic E-state index is -0.584. The maximum absolute atomic E-state index is 12.0. The van der Waals surface area contributed by atoms with E-state index in [1.54, 1.807) is 31.6 Å². The highest BCUT2D eigenvalue weighted by Crippen LogP contribution is 2.34. The van der Waals surface area contributed by atoms with Gasteiger partial charge in [-0.05, 0) is 43.5 Å². The normalized spacial score (nSPS) is 16.5. The molecule has 4 rings (SSSR count). The molecular weight excluding hydrogens is 358 g/mol. The summed E-state index contributed by atoms with van der Waals surface area (Å²) < 4.78 is 17.2. The second-order valence-electron chi connectivity index (χ2n) is 6.39. The Hall–Kier alpha value is -3.35. The van der Waals surface area contributed by atoms with Crippen molar-refractivity contribution < 1.29 is 19.0 Å². The molecule has 1 N–H and O–H groups in total. The van der Waals surface area contributed by atoms with Crippen molar-refractivity contribution in [2.24, 2.45) is 0 Å². The van der Waals surface area contributed by atoms with Crippen molar-refractivity contribution in [3.63, 3.8) is 0 Å². The van der Waals surface area contributed by atoms with Crippen molar-refractivity contribution in [3.8, 4) is 11.5 Å². The molecule has 28 heavy (non-hydrogen) atoms. The number of imidazole rings is 1. The molecule has 0 saturated carbocycles. The van der Waals surface area contributed by atoms with Gasteiger partial charge in [0.1, 0.15) is 11.5 Å². The number of ether oxygens (including phenoxy) is 3. The van der Waals surface area contributed by atoms with E-state index in [1.807, 2.05) is 30.3 Å². The number of pyridine rings is 1. The van der Waals surface area contributed by atoms with Crippen LogP contribution >= 0.6 is 0 Å². The van der Waals surface area contributed by atoms with Crippen LogP contribution in [-0.2, 0) is 16.0 Å². The Morgan fingerprint density at radius 3 is 2.96 bits per heavy atom. The molecule has 1 aliphatic heterocycles. The van der Waals surface area contributed by atoms with E-state index < -0.39 is 12.2 Å². The largest absolute Gasteiger partial charge is 0.478 e. The van der Waals surface area contributed by atoms with Gasteiger partial charge in [0, 0.05) is 24.7 Å². The van der Waals surface area contributed by atoms with Gasteiger partial charge in [0.05, 0.1) is 12.3 Å². The Labute approximate surface area is 162 Å². The van der Waals surface area contributed by atoms with Gasteiger partial charge in [-0.2, -0.15) is 0 Å². The van der Waals surface area contributed by atoms with Gasteiger partial charge in [-0.1, -0.05) is 12.1 Å². The van der Waals surface area contributed by atoms with E-state index in [2.05, 4.69) is 15.0 Å². The predicted octanol–water partition coefficient (Wildman–Crippen LogP) is 3.23. The number of H-pyrrole nitrogens is 1. The summed E-state index contributed by atoms with van der Waals surface area (Å²) in [5.74, 6) is 1.57. The number of benzene rings is 1. The summed E-state index contributed by atoms with van der Waals surface area (Å²) in [6, 6.07) is 11.3. The van der Waals surface area contributed by atoms with Gasteiger partial charge in [0.25, 0.3) is 0 Å². The van der Waals surface area contributed by atoms with Gasteiger partial charge in [-0.15, -0.1) is 0 Å². The van der Waals surface area contributed by atoms with Crippen LogP contribution in [0, 0.1) is 0 Å². The van der Waals surface area contributed by atoms with E-state index in [9.17, 15) is 4.79 Å². The molecule has 0 spiro atoms. The van der Waals surface area contributed by atoms with Gasteiger partial charge in [0.15, 0.2) is 18.0 Å². The number of nitrogens with one attached hydrogen (secondary N) is 1. The third-order valence-electron chi connectivity index (χ3n) is 4.51. The zero-order chi connectivity index (χ0) is 19.3. The zero-order valence-electron chi connectivity index (χ0n) is 15.5. The Bertz CT molecular complexity index is 928. The summed E-state index contributed by atoms with van der Waals surface area (Å²) in [6.07, 6.45) is 5.42. The first-order valence-corrected chi connectivity index (χ1v) is 9.27. The third kappa shape index (κ3) is 3.83. The first kappa shape index (κ1) is 18.0. The fourth-order valence-electron chi connectivity index (χ4n) is 3.17. The molecule has 1 aromatic carbocycles. The Kier molecular flexibility index (Phi) is 5.23. The number of hydrogen-bond acceptors (Lipinski definition) is 6. The van der Waals surface area contributed by atoms with Crippen LogP contribution in [0.15, 0.2) is 55.0 Å². The number of aromatic nitrogens is 3. The van der Waals surface area contributed by atoms with Crippen molar-refractivity contribution in [2.45, 2.75) is 32.0 Å². The van der Waals surface area contributed by atoms with Crippen LogP contribution in [0.4, 0.5) is 0 Å². The van der Waals surface area contributed by atoms with Crippen LogP contribution in [0.25, 0.3) is 0 Å². The lowest BCUT2D eigenvalue weighted by atomic mass is 10.0. The number of rotatable bonds is 6. The van der Waals surface area contributed by atoms with Gasteiger partial charge in [-0.25, -0.2) is 9.78 Å². The lowest BCUT2D eigenvalue weighted by Crippen LogP contribution is -2.32.